The van der Waals surface area contributed by atoms with Crippen LogP contribution in [0.1, 0.15) is 38.1 Å². The first-order valence-corrected chi connectivity index (χ1v) is 10.5. The summed E-state index contributed by atoms with van der Waals surface area (Å²) in [5.74, 6) is -0.603. The molecule has 0 saturated carbocycles. The number of hydrogen-bond donors (Lipinski definition) is 1. The summed E-state index contributed by atoms with van der Waals surface area (Å²) in [7, 11) is 1.38. The van der Waals surface area contributed by atoms with Crippen LogP contribution in [-0.4, -0.2) is 43.2 Å². The highest BCUT2D eigenvalue weighted by Crippen LogP contribution is 2.37. The Bertz CT molecular complexity index is 821. The second-order valence-electron chi connectivity index (χ2n) is 6.00. The molecule has 146 valence electrons. The highest BCUT2D eigenvalue weighted by atomic mass is 35.5. The van der Waals surface area contributed by atoms with Gasteiger partial charge in [-0.1, -0.05) is 6.92 Å². The Kier molecular flexibility index (Phi) is 7.73. The van der Waals surface area contributed by atoms with Gasteiger partial charge in [0.15, 0.2) is 0 Å². The van der Waals surface area contributed by atoms with Crippen molar-refractivity contribution in [2.75, 3.05) is 31.8 Å². The van der Waals surface area contributed by atoms with Gasteiger partial charge in [0.05, 0.1) is 12.7 Å². The predicted molar refractivity (Wildman–Crippen MR) is 114 cm³/mol. The van der Waals surface area contributed by atoms with Crippen molar-refractivity contribution in [3.63, 3.8) is 0 Å². The Morgan fingerprint density at radius 2 is 2.00 bits per heavy atom. The Balaban J connectivity index is 0.00000261. The van der Waals surface area contributed by atoms with Crippen molar-refractivity contribution < 1.29 is 14.3 Å². The molecule has 0 fully saturated rings. The van der Waals surface area contributed by atoms with E-state index in [0.717, 1.165) is 41.4 Å². The SMILES string of the molecule is CCN1CCc2c(sc(NC(=O)c3ccc(SC)cc3)c2C(=O)OC)C1.Cl. The Labute approximate surface area is 173 Å². The molecule has 0 saturated heterocycles. The second kappa shape index (κ2) is 9.59. The van der Waals surface area contributed by atoms with Crippen molar-refractivity contribution in [2.24, 2.45) is 0 Å². The molecular weight excluding hydrogens is 404 g/mol. The van der Waals surface area contributed by atoms with Crippen LogP contribution in [0.2, 0.25) is 0 Å². The lowest BCUT2D eigenvalue weighted by atomic mass is 10.0. The molecule has 2 aromatic rings. The first-order chi connectivity index (χ1) is 12.6. The first-order valence-electron chi connectivity index (χ1n) is 8.48. The van der Waals surface area contributed by atoms with Gasteiger partial charge in [0.25, 0.3) is 5.91 Å². The number of thioether (sulfide) groups is 1. The summed E-state index contributed by atoms with van der Waals surface area (Å²) in [5, 5.41) is 3.51. The molecule has 0 unspecified atom stereocenters. The van der Waals surface area contributed by atoms with Crippen LogP contribution in [0.25, 0.3) is 0 Å². The van der Waals surface area contributed by atoms with Gasteiger partial charge >= 0.3 is 5.97 Å². The summed E-state index contributed by atoms with van der Waals surface area (Å²) in [6.45, 7) is 4.81. The van der Waals surface area contributed by atoms with Gasteiger partial charge in [0.1, 0.15) is 5.00 Å². The number of likely N-dealkylation sites (N-methyl/N-ethyl adjacent to an activating group) is 1. The minimum absolute atomic E-state index is 0. The number of thiophene rings is 1. The topological polar surface area (TPSA) is 58.6 Å². The molecule has 0 spiro atoms. The lowest BCUT2D eigenvalue weighted by Crippen LogP contribution is -2.29. The van der Waals surface area contributed by atoms with Gasteiger partial charge in [-0.05, 0) is 49.1 Å². The third-order valence-corrected chi connectivity index (χ3v) is 6.43. The van der Waals surface area contributed by atoms with Crippen molar-refractivity contribution in [3.05, 3.63) is 45.8 Å². The van der Waals surface area contributed by atoms with E-state index in [1.165, 1.54) is 18.4 Å². The van der Waals surface area contributed by atoms with E-state index in [9.17, 15) is 9.59 Å². The number of benzene rings is 1. The molecule has 3 rings (SSSR count). The summed E-state index contributed by atoms with van der Waals surface area (Å²) >= 11 is 3.10. The number of nitrogens with one attached hydrogen (secondary N) is 1. The molecule has 5 nitrogen and oxygen atoms in total. The van der Waals surface area contributed by atoms with Crippen molar-refractivity contribution in [1.29, 1.82) is 0 Å². The quantitative estimate of drug-likeness (QED) is 0.570. The Morgan fingerprint density at radius 1 is 1.30 bits per heavy atom. The number of amides is 1. The number of hydrogen-bond acceptors (Lipinski definition) is 6. The number of esters is 1. The van der Waals surface area contributed by atoms with Crippen molar-refractivity contribution in [2.45, 2.75) is 24.8 Å². The van der Waals surface area contributed by atoms with Crippen LogP contribution in [0.3, 0.4) is 0 Å². The van der Waals surface area contributed by atoms with Crippen LogP contribution in [0.4, 0.5) is 5.00 Å². The molecule has 27 heavy (non-hydrogen) atoms. The van der Waals surface area contributed by atoms with Crippen molar-refractivity contribution in [1.82, 2.24) is 4.90 Å². The van der Waals surface area contributed by atoms with Gasteiger partial charge in [-0.15, -0.1) is 35.5 Å². The van der Waals surface area contributed by atoms with Crippen molar-refractivity contribution in [3.8, 4) is 0 Å². The summed E-state index contributed by atoms with van der Waals surface area (Å²) < 4.78 is 4.97. The van der Waals surface area contributed by atoms with Gasteiger partial charge in [-0.3, -0.25) is 9.69 Å². The van der Waals surface area contributed by atoms with E-state index in [1.807, 2.05) is 18.4 Å². The van der Waals surface area contributed by atoms with E-state index in [2.05, 4.69) is 17.1 Å². The Morgan fingerprint density at radius 3 is 2.59 bits per heavy atom. The number of anilines is 1. The van der Waals surface area contributed by atoms with Crippen molar-refractivity contribution >= 4 is 52.4 Å². The zero-order valence-electron chi connectivity index (χ0n) is 15.5. The fourth-order valence-electron chi connectivity index (χ4n) is 3.05. The molecule has 0 aliphatic carbocycles. The number of fused-ring (bicyclic) bond motifs is 1. The fourth-order valence-corrected chi connectivity index (χ4v) is 4.73. The number of ether oxygens (including phenoxy) is 1. The maximum atomic E-state index is 12.6. The third kappa shape index (κ3) is 4.66. The van der Waals surface area contributed by atoms with Crippen LogP contribution < -0.4 is 5.32 Å². The highest BCUT2D eigenvalue weighted by molar-refractivity contribution is 7.98. The van der Waals surface area contributed by atoms with Crippen LogP contribution in [0, 0.1) is 0 Å². The molecule has 1 amide bonds. The fraction of sp³-hybridized carbons (Fsp3) is 0.368. The Hall–Kier alpha value is -1.54. The molecule has 1 aliphatic heterocycles. The number of carbonyl (C=O) groups excluding carboxylic acids is 2. The second-order valence-corrected chi connectivity index (χ2v) is 7.99. The molecule has 2 heterocycles. The maximum Gasteiger partial charge on any atom is 0.341 e. The van der Waals surface area contributed by atoms with Gasteiger partial charge < -0.3 is 10.1 Å². The van der Waals surface area contributed by atoms with Crippen LogP contribution in [0.15, 0.2) is 29.2 Å². The monoisotopic (exact) mass is 426 g/mol. The van der Waals surface area contributed by atoms with Gasteiger partial charge in [-0.25, -0.2) is 4.79 Å². The first kappa shape index (κ1) is 21.8. The minimum atomic E-state index is -0.388. The number of rotatable bonds is 5. The maximum absolute atomic E-state index is 12.6. The van der Waals surface area contributed by atoms with Gasteiger partial charge in [0.2, 0.25) is 0 Å². The summed E-state index contributed by atoms with van der Waals surface area (Å²) in [4.78, 5) is 29.5. The smallest absolute Gasteiger partial charge is 0.341 e. The number of methoxy groups -OCH3 is 1. The molecular formula is C19H23ClN2O3S2. The summed E-state index contributed by atoms with van der Waals surface area (Å²) in [6, 6.07) is 7.43. The molecule has 8 heteroatoms. The minimum Gasteiger partial charge on any atom is -0.465 e. The lowest BCUT2D eigenvalue weighted by molar-refractivity contribution is 0.0600. The van der Waals surface area contributed by atoms with Crippen LogP contribution in [0.5, 0.6) is 0 Å². The van der Waals surface area contributed by atoms with Crippen LogP contribution in [-0.2, 0) is 17.7 Å². The largest absolute Gasteiger partial charge is 0.465 e. The highest BCUT2D eigenvalue weighted by Gasteiger charge is 2.29. The number of carbonyl (C=O) groups is 2. The average Bonchev–Trinajstić information content (AvgIpc) is 3.04. The van der Waals surface area contributed by atoms with Crippen LogP contribution >= 0.6 is 35.5 Å². The van der Waals surface area contributed by atoms with E-state index in [-0.39, 0.29) is 24.3 Å². The lowest BCUT2D eigenvalue weighted by Gasteiger charge is -2.25. The standard InChI is InChI=1S/C19H22N2O3S2.ClH/c1-4-21-10-9-14-15(11-21)26-18(16(14)19(23)24-2)20-17(22)12-5-7-13(25-3)8-6-12;/h5-8H,4,9-11H2,1-3H3,(H,20,22);1H. The van der Waals surface area contributed by atoms with E-state index in [1.54, 1.807) is 23.9 Å². The number of halogens is 1. The summed E-state index contributed by atoms with van der Waals surface area (Å²) in [5.41, 5.74) is 2.09. The normalized spacial score (nSPS) is 13.4. The molecule has 1 aliphatic rings. The van der Waals surface area contributed by atoms with E-state index < -0.39 is 0 Å². The molecule has 1 aromatic heterocycles. The van der Waals surface area contributed by atoms with Gasteiger partial charge in [0, 0.05) is 28.4 Å². The zero-order valence-corrected chi connectivity index (χ0v) is 18.0. The number of nitrogens with zero attached hydrogens (tertiary/aromatic N) is 1. The zero-order chi connectivity index (χ0) is 18.7. The van der Waals surface area contributed by atoms with Gasteiger partial charge in [-0.2, -0.15) is 0 Å². The molecule has 0 atom stereocenters. The van der Waals surface area contributed by atoms with E-state index in [4.69, 9.17) is 4.74 Å². The molecule has 0 bridgehead atoms. The van der Waals surface area contributed by atoms with E-state index >= 15 is 0 Å². The van der Waals surface area contributed by atoms with E-state index in [0.29, 0.717) is 16.1 Å². The summed E-state index contributed by atoms with van der Waals surface area (Å²) in [6.07, 6.45) is 2.79. The predicted octanol–water partition coefficient (Wildman–Crippen LogP) is 4.31. The average molecular weight is 427 g/mol. The molecule has 0 radical (unpaired) electrons. The third-order valence-electron chi connectivity index (χ3n) is 4.55. The molecule has 1 N–H and O–H groups in total. The molecule has 1 aromatic carbocycles.